The first-order valence-corrected chi connectivity index (χ1v) is 11.4. The van der Waals surface area contributed by atoms with Crippen LogP contribution in [-0.2, 0) is 9.53 Å². The summed E-state index contributed by atoms with van der Waals surface area (Å²) in [7, 11) is 0. The van der Waals surface area contributed by atoms with Gasteiger partial charge in [-0.1, -0.05) is 52.2 Å². The van der Waals surface area contributed by atoms with Gasteiger partial charge in [-0.25, -0.2) is 4.79 Å². The number of anilines is 1. The summed E-state index contributed by atoms with van der Waals surface area (Å²) in [6, 6.07) is 12.0. The van der Waals surface area contributed by atoms with Crippen molar-refractivity contribution in [3.63, 3.8) is 0 Å². The number of imide groups is 1. The largest absolute Gasteiger partial charge is 0.462 e. The average Bonchev–Trinajstić information content (AvgIpc) is 3.07. The highest BCUT2D eigenvalue weighted by Crippen LogP contribution is 2.29. The van der Waals surface area contributed by atoms with Crippen LogP contribution in [0.5, 0.6) is 0 Å². The lowest BCUT2D eigenvalue weighted by molar-refractivity contribution is -0.121. The molecule has 2 aromatic rings. The number of nitrogens with one attached hydrogen (secondary N) is 1. The number of unbranched alkanes of at least 4 members (excludes halogenated alkanes) is 2. The minimum absolute atomic E-state index is 0.246. The van der Waals surface area contributed by atoms with E-state index in [2.05, 4.69) is 12.2 Å². The maximum absolute atomic E-state index is 13.2. The molecule has 0 saturated carbocycles. The van der Waals surface area contributed by atoms with Crippen molar-refractivity contribution >= 4 is 29.4 Å². The lowest BCUT2D eigenvalue weighted by atomic mass is 9.96. The van der Waals surface area contributed by atoms with Gasteiger partial charge >= 0.3 is 5.97 Å². The van der Waals surface area contributed by atoms with Gasteiger partial charge in [-0.2, -0.15) is 0 Å². The van der Waals surface area contributed by atoms with E-state index in [4.69, 9.17) is 4.74 Å². The third kappa shape index (κ3) is 5.30. The van der Waals surface area contributed by atoms with E-state index in [0.717, 1.165) is 24.2 Å². The lowest BCUT2D eigenvalue weighted by Gasteiger charge is -2.29. The van der Waals surface area contributed by atoms with Gasteiger partial charge < -0.3 is 10.1 Å². The maximum atomic E-state index is 13.2. The van der Waals surface area contributed by atoms with E-state index >= 15 is 0 Å². The van der Waals surface area contributed by atoms with Gasteiger partial charge in [-0.15, -0.1) is 0 Å². The number of hydrogen-bond acceptors (Lipinski definition) is 5. The Balaban J connectivity index is 1.72. The van der Waals surface area contributed by atoms with Crippen LogP contribution >= 0.6 is 0 Å². The molecule has 2 unspecified atom stereocenters. The van der Waals surface area contributed by atoms with Crippen LogP contribution in [-0.4, -0.2) is 41.2 Å². The minimum Gasteiger partial charge on any atom is -0.462 e. The quantitative estimate of drug-likeness (QED) is 0.322. The third-order valence-electron chi connectivity index (χ3n) is 5.92. The van der Waals surface area contributed by atoms with Crippen molar-refractivity contribution in [2.45, 2.75) is 52.5 Å². The molecule has 7 nitrogen and oxygen atoms in total. The zero-order valence-electron chi connectivity index (χ0n) is 19.3. The molecule has 0 radical (unpaired) electrons. The molecular formula is C26H30N2O5. The fourth-order valence-corrected chi connectivity index (χ4v) is 3.82. The number of hydrogen-bond donors (Lipinski definition) is 1. The molecule has 0 aromatic heterocycles. The van der Waals surface area contributed by atoms with Crippen LogP contribution in [0.25, 0.3) is 0 Å². The fourth-order valence-electron chi connectivity index (χ4n) is 3.82. The van der Waals surface area contributed by atoms with E-state index in [1.807, 2.05) is 13.8 Å². The number of ether oxygens (including phenoxy) is 1. The van der Waals surface area contributed by atoms with Crippen molar-refractivity contribution in [3.05, 3.63) is 65.2 Å². The number of rotatable bonds is 10. The first kappa shape index (κ1) is 24.2. The van der Waals surface area contributed by atoms with Crippen molar-refractivity contribution in [2.24, 2.45) is 5.92 Å². The van der Waals surface area contributed by atoms with Crippen LogP contribution in [0.2, 0.25) is 0 Å². The second-order valence-corrected chi connectivity index (χ2v) is 8.27. The van der Waals surface area contributed by atoms with Crippen LogP contribution in [0.1, 0.15) is 77.5 Å². The predicted molar refractivity (Wildman–Crippen MR) is 125 cm³/mol. The average molecular weight is 451 g/mol. The second kappa shape index (κ2) is 10.9. The Hall–Kier alpha value is -3.48. The van der Waals surface area contributed by atoms with Crippen LogP contribution < -0.4 is 5.32 Å². The maximum Gasteiger partial charge on any atom is 0.338 e. The highest BCUT2D eigenvalue weighted by Gasteiger charge is 2.44. The third-order valence-corrected chi connectivity index (χ3v) is 5.92. The molecule has 174 valence electrons. The highest BCUT2D eigenvalue weighted by atomic mass is 16.5. The summed E-state index contributed by atoms with van der Waals surface area (Å²) in [5.41, 5.74) is 1.48. The van der Waals surface area contributed by atoms with Gasteiger partial charge in [0.25, 0.3) is 11.8 Å². The van der Waals surface area contributed by atoms with Gasteiger partial charge in [-0.3, -0.25) is 19.3 Å². The lowest BCUT2D eigenvalue weighted by Crippen LogP contribution is -2.50. The molecule has 33 heavy (non-hydrogen) atoms. The van der Waals surface area contributed by atoms with Gasteiger partial charge in [0.2, 0.25) is 5.91 Å². The second-order valence-electron chi connectivity index (χ2n) is 8.27. The number of carbonyl (C=O) groups is 4. The van der Waals surface area contributed by atoms with E-state index in [1.165, 1.54) is 0 Å². The Bertz CT molecular complexity index is 996. The summed E-state index contributed by atoms with van der Waals surface area (Å²) in [4.78, 5) is 52.3. The Labute approximate surface area is 194 Å². The Morgan fingerprint density at radius 2 is 1.55 bits per heavy atom. The molecule has 0 fully saturated rings. The standard InChI is InChI=1S/C26H30N2O5/c1-4-6-9-16-33-26(32)18-12-14-19(15-13-18)27-23(29)22(17(3)5-2)28-24(30)20-10-7-8-11-21(20)25(28)31/h7-8,10-15,17,22H,4-6,9,16H2,1-3H3,(H,27,29). The summed E-state index contributed by atoms with van der Waals surface area (Å²) in [6.45, 7) is 6.20. The summed E-state index contributed by atoms with van der Waals surface area (Å²) in [5, 5.41) is 2.79. The van der Waals surface area contributed by atoms with E-state index in [0.29, 0.717) is 35.4 Å². The zero-order chi connectivity index (χ0) is 24.0. The molecule has 0 spiro atoms. The minimum atomic E-state index is -0.953. The fraction of sp³-hybridized carbons (Fsp3) is 0.385. The van der Waals surface area contributed by atoms with Gasteiger partial charge in [0.15, 0.2) is 0 Å². The number of fused-ring (bicyclic) bond motifs is 1. The topological polar surface area (TPSA) is 92.8 Å². The molecule has 0 bridgehead atoms. The van der Waals surface area contributed by atoms with Crippen LogP contribution in [0, 0.1) is 5.92 Å². The Morgan fingerprint density at radius 1 is 0.939 bits per heavy atom. The SMILES string of the molecule is CCCCCOC(=O)c1ccc(NC(=O)C(C(C)CC)N2C(=O)c3ccccc3C2=O)cc1. The number of carbonyl (C=O) groups excluding carboxylic acids is 4. The molecule has 1 N–H and O–H groups in total. The van der Waals surface area contributed by atoms with E-state index in [-0.39, 0.29) is 5.92 Å². The first-order valence-electron chi connectivity index (χ1n) is 11.4. The number of amides is 3. The van der Waals surface area contributed by atoms with Gasteiger partial charge in [0, 0.05) is 5.69 Å². The first-order chi connectivity index (χ1) is 15.9. The molecule has 2 aromatic carbocycles. The molecule has 3 rings (SSSR count). The van der Waals surface area contributed by atoms with Gasteiger partial charge in [0.05, 0.1) is 23.3 Å². The molecule has 2 atom stereocenters. The summed E-state index contributed by atoms with van der Waals surface area (Å²) < 4.78 is 5.25. The van der Waals surface area contributed by atoms with E-state index in [1.54, 1.807) is 48.5 Å². The van der Waals surface area contributed by atoms with Crippen molar-refractivity contribution in [1.82, 2.24) is 4.90 Å². The van der Waals surface area contributed by atoms with Gasteiger partial charge in [0.1, 0.15) is 6.04 Å². The van der Waals surface area contributed by atoms with Crippen molar-refractivity contribution < 1.29 is 23.9 Å². The highest BCUT2D eigenvalue weighted by molar-refractivity contribution is 6.23. The molecule has 3 amide bonds. The zero-order valence-corrected chi connectivity index (χ0v) is 19.3. The number of esters is 1. The molecule has 0 aliphatic carbocycles. The monoisotopic (exact) mass is 450 g/mol. The van der Waals surface area contributed by atoms with Crippen LogP contribution in [0.4, 0.5) is 5.69 Å². The van der Waals surface area contributed by atoms with E-state index < -0.39 is 29.7 Å². The summed E-state index contributed by atoms with van der Waals surface area (Å²) >= 11 is 0. The van der Waals surface area contributed by atoms with E-state index in [9.17, 15) is 19.2 Å². The van der Waals surface area contributed by atoms with Crippen molar-refractivity contribution in [3.8, 4) is 0 Å². The van der Waals surface area contributed by atoms with Crippen LogP contribution in [0.15, 0.2) is 48.5 Å². The summed E-state index contributed by atoms with van der Waals surface area (Å²) in [6.07, 6.45) is 3.48. The number of benzene rings is 2. The van der Waals surface area contributed by atoms with Crippen molar-refractivity contribution in [2.75, 3.05) is 11.9 Å². The molecule has 1 aliphatic rings. The molecule has 0 saturated heterocycles. The molecule has 1 heterocycles. The number of nitrogens with zero attached hydrogens (tertiary/aromatic N) is 1. The smallest absolute Gasteiger partial charge is 0.338 e. The molecular weight excluding hydrogens is 420 g/mol. The van der Waals surface area contributed by atoms with Crippen LogP contribution in [0.3, 0.4) is 0 Å². The van der Waals surface area contributed by atoms with Crippen molar-refractivity contribution in [1.29, 1.82) is 0 Å². The normalized spacial score (nSPS) is 14.6. The Morgan fingerprint density at radius 3 is 2.09 bits per heavy atom. The molecule has 7 heteroatoms. The predicted octanol–water partition coefficient (Wildman–Crippen LogP) is 4.68. The molecule has 1 aliphatic heterocycles. The Kier molecular flexibility index (Phi) is 7.98. The van der Waals surface area contributed by atoms with Gasteiger partial charge in [-0.05, 0) is 48.7 Å². The summed E-state index contributed by atoms with van der Waals surface area (Å²) in [5.74, 6) is -2.03.